The summed E-state index contributed by atoms with van der Waals surface area (Å²) in [6, 6.07) is 6.62. The van der Waals surface area contributed by atoms with Crippen LogP contribution < -0.4 is 16.2 Å². The third-order valence-electron chi connectivity index (χ3n) is 3.92. The van der Waals surface area contributed by atoms with E-state index in [-0.39, 0.29) is 6.17 Å². The van der Waals surface area contributed by atoms with Crippen molar-refractivity contribution in [2.75, 3.05) is 25.5 Å². The Balaban J connectivity index is 1.75. The summed E-state index contributed by atoms with van der Waals surface area (Å²) in [5.74, 6) is 0. The van der Waals surface area contributed by atoms with Crippen LogP contribution in [-0.4, -0.2) is 31.2 Å². The van der Waals surface area contributed by atoms with Crippen LogP contribution in [0.15, 0.2) is 36.6 Å². The van der Waals surface area contributed by atoms with Crippen molar-refractivity contribution in [3.63, 3.8) is 0 Å². The molecule has 0 radical (unpaired) electrons. The van der Waals surface area contributed by atoms with Gasteiger partial charge < -0.3 is 15.6 Å². The van der Waals surface area contributed by atoms with Crippen LogP contribution in [-0.2, 0) is 0 Å². The van der Waals surface area contributed by atoms with Gasteiger partial charge in [-0.3, -0.25) is 0 Å². The molecule has 4 nitrogen and oxygen atoms in total. The topological polar surface area (TPSA) is 39.3 Å². The summed E-state index contributed by atoms with van der Waals surface area (Å²) >= 11 is 0. The maximum Gasteiger partial charge on any atom is 0.115 e. The summed E-state index contributed by atoms with van der Waals surface area (Å²) in [7, 11) is 2.17. The van der Waals surface area contributed by atoms with Crippen molar-refractivity contribution in [2.45, 2.75) is 19.5 Å². The van der Waals surface area contributed by atoms with Gasteiger partial charge in [-0.1, -0.05) is 12.1 Å². The van der Waals surface area contributed by atoms with E-state index in [1.54, 1.807) is 0 Å². The molecule has 0 saturated heterocycles. The van der Waals surface area contributed by atoms with Gasteiger partial charge in [-0.15, -0.1) is 0 Å². The molecule has 1 atom stereocenters. The van der Waals surface area contributed by atoms with Gasteiger partial charge in [0, 0.05) is 25.0 Å². The predicted molar refractivity (Wildman–Crippen MR) is 84.1 cm³/mol. The number of anilines is 1. The average molecular weight is 270 g/mol. The van der Waals surface area contributed by atoms with Crippen LogP contribution in [0.5, 0.6) is 0 Å². The summed E-state index contributed by atoms with van der Waals surface area (Å²) in [6.07, 6.45) is 7.61. The largest absolute Gasteiger partial charge is 0.365 e. The second-order valence-corrected chi connectivity index (χ2v) is 5.54. The summed E-state index contributed by atoms with van der Waals surface area (Å²) in [5.41, 5.74) is 11.4. The molecule has 1 unspecified atom stereocenters. The number of likely N-dealkylation sites (N-methyl/N-ethyl adjacent to an activating group) is 1. The van der Waals surface area contributed by atoms with Gasteiger partial charge in [0.05, 0.1) is 0 Å². The lowest BCUT2D eigenvalue weighted by atomic mass is 9.95. The molecule has 3 N–H and O–H groups in total. The zero-order valence-electron chi connectivity index (χ0n) is 12.1. The molecule has 2 aliphatic heterocycles. The summed E-state index contributed by atoms with van der Waals surface area (Å²) in [5, 5.41) is 3.43. The Labute approximate surface area is 120 Å². The number of aryl methyl sites for hydroxylation is 1. The van der Waals surface area contributed by atoms with Crippen LogP contribution in [0.1, 0.15) is 17.5 Å². The zero-order chi connectivity index (χ0) is 13.9. The Hall–Kier alpha value is -1.78. The van der Waals surface area contributed by atoms with Crippen molar-refractivity contribution in [1.82, 2.24) is 15.8 Å². The lowest BCUT2D eigenvalue weighted by Gasteiger charge is -2.23. The standard InChI is InChI=1S/C16H22N4/c1-12-11-14(18-16-5-8-17-19-16)3-4-15(12)13-6-9-20(2)10-7-13/h3-6,8,11,16-19H,7,9-10H2,1-2H3. The van der Waals surface area contributed by atoms with E-state index in [1.807, 2.05) is 6.20 Å². The molecule has 0 aliphatic carbocycles. The Bertz CT molecular complexity index is 547. The van der Waals surface area contributed by atoms with Gasteiger partial charge in [0.15, 0.2) is 0 Å². The zero-order valence-corrected chi connectivity index (χ0v) is 12.1. The molecule has 4 heteroatoms. The first kappa shape index (κ1) is 13.2. The summed E-state index contributed by atoms with van der Waals surface area (Å²) < 4.78 is 0. The number of nitrogens with zero attached hydrogens (tertiary/aromatic N) is 1. The van der Waals surface area contributed by atoms with E-state index in [1.165, 1.54) is 16.7 Å². The van der Waals surface area contributed by atoms with Crippen molar-refractivity contribution in [1.29, 1.82) is 0 Å². The van der Waals surface area contributed by atoms with E-state index < -0.39 is 0 Å². The maximum atomic E-state index is 3.43. The smallest absolute Gasteiger partial charge is 0.115 e. The normalized spacial score (nSPS) is 22.5. The second kappa shape index (κ2) is 5.69. The van der Waals surface area contributed by atoms with Crippen LogP contribution in [0.4, 0.5) is 5.69 Å². The van der Waals surface area contributed by atoms with Crippen LogP contribution in [0.25, 0.3) is 5.57 Å². The minimum Gasteiger partial charge on any atom is -0.365 e. The number of hydrazine groups is 1. The van der Waals surface area contributed by atoms with Gasteiger partial charge in [0.2, 0.25) is 0 Å². The van der Waals surface area contributed by atoms with E-state index in [0.29, 0.717) is 0 Å². The predicted octanol–water partition coefficient (Wildman–Crippen LogP) is 2.07. The molecule has 20 heavy (non-hydrogen) atoms. The minimum absolute atomic E-state index is 0.155. The molecule has 106 valence electrons. The summed E-state index contributed by atoms with van der Waals surface area (Å²) in [4.78, 5) is 2.35. The monoisotopic (exact) mass is 270 g/mol. The highest BCUT2D eigenvalue weighted by Crippen LogP contribution is 2.27. The molecule has 2 aliphatic rings. The van der Waals surface area contributed by atoms with E-state index in [0.717, 1.165) is 25.2 Å². The quantitative estimate of drug-likeness (QED) is 0.786. The third kappa shape index (κ3) is 2.86. The van der Waals surface area contributed by atoms with Gasteiger partial charge >= 0.3 is 0 Å². The Morgan fingerprint density at radius 3 is 2.90 bits per heavy atom. The van der Waals surface area contributed by atoms with Gasteiger partial charge in [-0.05, 0) is 55.3 Å². The molecular weight excluding hydrogens is 248 g/mol. The molecule has 1 aromatic rings. The number of hydrogen-bond acceptors (Lipinski definition) is 4. The molecule has 3 rings (SSSR count). The number of hydrogen-bond donors (Lipinski definition) is 3. The van der Waals surface area contributed by atoms with Crippen LogP contribution in [0, 0.1) is 6.92 Å². The summed E-state index contributed by atoms with van der Waals surface area (Å²) in [6.45, 7) is 4.39. The van der Waals surface area contributed by atoms with Crippen molar-refractivity contribution in [2.24, 2.45) is 0 Å². The number of nitrogens with one attached hydrogen (secondary N) is 3. The Morgan fingerprint density at radius 1 is 1.35 bits per heavy atom. The first-order valence-corrected chi connectivity index (χ1v) is 7.15. The van der Waals surface area contributed by atoms with Crippen molar-refractivity contribution >= 4 is 11.3 Å². The fourth-order valence-electron chi connectivity index (χ4n) is 2.72. The molecule has 0 aromatic heterocycles. The van der Waals surface area contributed by atoms with Crippen molar-refractivity contribution in [3.05, 3.63) is 47.7 Å². The first-order chi connectivity index (χ1) is 9.72. The van der Waals surface area contributed by atoms with Crippen molar-refractivity contribution < 1.29 is 0 Å². The van der Waals surface area contributed by atoms with Crippen LogP contribution in [0.2, 0.25) is 0 Å². The van der Waals surface area contributed by atoms with Crippen LogP contribution >= 0.6 is 0 Å². The average Bonchev–Trinajstić information content (AvgIpc) is 2.93. The molecule has 0 amide bonds. The lowest BCUT2D eigenvalue weighted by Crippen LogP contribution is -2.36. The molecule has 0 saturated carbocycles. The highest BCUT2D eigenvalue weighted by Gasteiger charge is 2.12. The lowest BCUT2D eigenvalue weighted by molar-refractivity contribution is 0.370. The highest BCUT2D eigenvalue weighted by molar-refractivity contribution is 5.71. The molecule has 2 heterocycles. The fraction of sp³-hybridized carbons (Fsp3) is 0.375. The minimum atomic E-state index is 0.155. The Kier molecular flexibility index (Phi) is 3.76. The molecular formula is C16H22N4. The first-order valence-electron chi connectivity index (χ1n) is 7.15. The molecule has 0 fully saturated rings. The van der Waals surface area contributed by atoms with Gasteiger partial charge in [0.1, 0.15) is 6.17 Å². The number of benzene rings is 1. The van der Waals surface area contributed by atoms with Crippen LogP contribution in [0.3, 0.4) is 0 Å². The maximum absolute atomic E-state index is 3.43. The highest BCUT2D eigenvalue weighted by atomic mass is 15.4. The van der Waals surface area contributed by atoms with E-state index in [4.69, 9.17) is 0 Å². The van der Waals surface area contributed by atoms with E-state index in [2.05, 4.69) is 65.4 Å². The third-order valence-corrected chi connectivity index (χ3v) is 3.92. The second-order valence-electron chi connectivity index (χ2n) is 5.54. The molecule has 1 aromatic carbocycles. The SMILES string of the molecule is Cc1cc(NC2C=CNN2)ccc1C1=CCN(C)CC1. The van der Waals surface area contributed by atoms with Gasteiger partial charge in [-0.25, -0.2) is 5.43 Å². The van der Waals surface area contributed by atoms with Gasteiger partial charge in [-0.2, -0.15) is 0 Å². The fourth-order valence-corrected chi connectivity index (χ4v) is 2.72. The Morgan fingerprint density at radius 2 is 2.25 bits per heavy atom. The molecule has 0 bridgehead atoms. The molecule has 0 spiro atoms. The van der Waals surface area contributed by atoms with E-state index in [9.17, 15) is 0 Å². The van der Waals surface area contributed by atoms with Gasteiger partial charge in [0.25, 0.3) is 0 Å². The number of rotatable bonds is 3. The van der Waals surface area contributed by atoms with Crippen molar-refractivity contribution in [3.8, 4) is 0 Å². The van der Waals surface area contributed by atoms with E-state index >= 15 is 0 Å².